The number of halogens is 1. The lowest BCUT2D eigenvalue weighted by molar-refractivity contribution is 0.101. The molecular formula is C12H11BrN2O. The van der Waals surface area contributed by atoms with Crippen LogP contribution in [0.3, 0.4) is 0 Å². The molecular weight excluding hydrogens is 268 g/mol. The van der Waals surface area contributed by atoms with Gasteiger partial charge in [-0.1, -0.05) is 11.6 Å². The van der Waals surface area contributed by atoms with E-state index in [9.17, 15) is 4.79 Å². The van der Waals surface area contributed by atoms with Crippen LogP contribution in [0.25, 0.3) is 0 Å². The van der Waals surface area contributed by atoms with Crippen molar-refractivity contribution >= 4 is 21.8 Å². The monoisotopic (exact) mass is 278 g/mol. The summed E-state index contributed by atoms with van der Waals surface area (Å²) in [4.78, 5) is 11.9. The largest absolute Gasteiger partial charge is 0.271 e. The molecule has 0 spiro atoms. The number of rotatable bonds is 2. The second-order valence-electron chi connectivity index (χ2n) is 3.51. The predicted molar refractivity (Wildman–Crippen MR) is 67.0 cm³/mol. The number of benzene rings is 1. The van der Waals surface area contributed by atoms with Gasteiger partial charge in [0.25, 0.3) is 5.91 Å². The minimum absolute atomic E-state index is 0.133. The maximum Gasteiger partial charge on any atom is 0.271 e. The number of hydrogen-bond donors (Lipinski definition) is 1. The summed E-state index contributed by atoms with van der Waals surface area (Å²) in [5, 5.41) is 0. The molecule has 1 aromatic carbocycles. The van der Waals surface area contributed by atoms with E-state index in [1.165, 1.54) is 0 Å². The van der Waals surface area contributed by atoms with Crippen LogP contribution in [0.4, 0.5) is 0 Å². The van der Waals surface area contributed by atoms with Crippen LogP contribution in [-0.4, -0.2) is 10.6 Å². The average Bonchev–Trinajstić information content (AvgIpc) is 2.74. The smallest absolute Gasteiger partial charge is 0.268 e. The molecule has 0 radical (unpaired) electrons. The molecule has 0 saturated carbocycles. The fourth-order valence-corrected chi connectivity index (χ4v) is 1.83. The predicted octanol–water partition coefficient (Wildman–Crippen LogP) is 2.94. The van der Waals surface area contributed by atoms with Crippen LogP contribution in [0, 0.1) is 6.92 Å². The normalized spacial score (nSPS) is 10.1. The Kier molecular flexibility index (Phi) is 3.10. The third kappa shape index (κ3) is 2.33. The van der Waals surface area contributed by atoms with Gasteiger partial charge in [0.05, 0.1) is 5.56 Å². The number of nitrogens with zero attached hydrogens (tertiary/aromatic N) is 1. The molecule has 0 bridgehead atoms. The number of aryl methyl sites for hydroxylation is 1. The Morgan fingerprint density at radius 1 is 1.31 bits per heavy atom. The Balaban J connectivity index is 2.24. The molecule has 4 heteroatoms. The molecule has 1 N–H and O–H groups in total. The maximum absolute atomic E-state index is 11.9. The van der Waals surface area contributed by atoms with Crippen molar-refractivity contribution < 1.29 is 4.79 Å². The van der Waals surface area contributed by atoms with Crippen molar-refractivity contribution in [3.8, 4) is 0 Å². The molecule has 0 saturated heterocycles. The lowest BCUT2D eigenvalue weighted by Crippen LogP contribution is -2.21. The van der Waals surface area contributed by atoms with Crippen molar-refractivity contribution in [3.05, 3.63) is 58.3 Å². The quantitative estimate of drug-likeness (QED) is 0.901. The van der Waals surface area contributed by atoms with Gasteiger partial charge in [-0.15, -0.1) is 0 Å². The summed E-state index contributed by atoms with van der Waals surface area (Å²) in [5.41, 5.74) is 4.44. The summed E-state index contributed by atoms with van der Waals surface area (Å²) in [6, 6.07) is 9.39. The number of nitrogens with one attached hydrogen (secondary N) is 1. The standard InChI is InChI=1S/C12H11BrN2O/c1-9-4-5-11(13)10(8-9)12(16)14-15-6-2-3-7-15/h2-8H,1H3,(H,14,16). The van der Waals surface area contributed by atoms with Gasteiger partial charge in [-0.2, -0.15) is 0 Å². The molecule has 0 aliphatic rings. The van der Waals surface area contributed by atoms with Gasteiger partial charge in [-0.25, -0.2) is 0 Å². The topological polar surface area (TPSA) is 34.0 Å². The van der Waals surface area contributed by atoms with E-state index >= 15 is 0 Å². The van der Waals surface area contributed by atoms with Crippen LogP contribution >= 0.6 is 15.9 Å². The first-order valence-corrected chi connectivity index (χ1v) is 5.66. The highest BCUT2D eigenvalue weighted by molar-refractivity contribution is 9.10. The Morgan fingerprint density at radius 2 is 2.00 bits per heavy atom. The van der Waals surface area contributed by atoms with E-state index in [-0.39, 0.29) is 5.91 Å². The van der Waals surface area contributed by atoms with Gasteiger partial charge < -0.3 is 0 Å². The van der Waals surface area contributed by atoms with E-state index in [1.54, 1.807) is 17.1 Å². The number of aromatic nitrogens is 1. The van der Waals surface area contributed by atoms with E-state index in [4.69, 9.17) is 0 Å². The highest BCUT2D eigenvalue weighted by Gasteiger charge is 2.09. The SMILES string of the molecule is Cc1ccc(Br)c(C(=O)Nn2cccc2)c1. The summed E-state index contributed by atoms with van der Waals surface area (Å²) < 4.78 is 2.42. The van der Waals surface area contributed by atoms with Crippen molar-refractivity contribution in [3.63, 3.8) is 0 Å². The first-order valence-electron chi connectivity index (χ1n) is 4.87. The minimum atomic E-state index is -0.133. The molecule has 82 valence electrons. The maximum atomic E-state index is 11.9. The minimum Gasteiger partial charge on any atom is -0.268 e. The Hall–Kier alpha value is -1.55. The highest BCUT2D eigenvalue weighted by Crippen LogP contribution is 2.18. The van der Waals surface area contributed by atoms with Gasteiger partial charge in [0.15, 0.2) is 0 Å². The van der Waals surface area contributed by atoms with E-state index in [2.05, 4.69) is 21.4 Å². The van der Waals surface area contributed by atoms with Gasteiger partial charge in [0, 0.05) is 16.9 Å². The summed E-state index contributed by atoms with van der Waals surface area (Å²) in [6.45, 7) is 1.96. The van der Waals surface area contributed by atoms with E-state index in [1.807, 2.05) is 37.3 Å². The second kappa shape index (κ2) is 4.53. The first-order chi connectivity index (χ1) is 7.66. The van der Waals surface area contributed by atoms with Crippen LogP contribution < -0.4 is 5.43 Å². The Bertz CT molecular complexity index is 506. The average molecular weight is 279 g/mol. The van der Waals surface area contributed by atoms with Gasteiger partial charge in [-0.05, 0) is 47.1 Å². The highest BCUT2D eigenvalue weighted by atomic mass is 79.9. The van der Waals surface area contributed by atoms with Crippen LogP contribution in [0.15, 0.2) is 47.2 Å². The number of carbonyl (C=O) groups is 1. The molecule has 2 rings (SSSR count). The zero-order chi connectivity index (χ0) is 11.5. The first kappa shape index (κ1) is 11.0. The molecule has 0 aliphatic heterocycles. The molecule has 1 amide bonds. The molecule has 0 aliphatic carbocycles. The lowest BCUT2D eigenvalue weighted by Gasteiger charge is -2.08. The molecule has 0 unspecified atom stereocenters. The van der Waals surface area contributed by atoms with E-state index in [0.717, 1.165) is 10.0 Å². The Labute approximate surface area is 102 Å². The van der Waals surface area contributed by atoms with Gasteiger partial charge in [0.2, 0.25) is 0 Å². The Morgan fingerprint density at radius 3 is 2.69 bits per heavy atom. The van der Waals surface area contributed by atoms with Crippen molar-refractivity contribution in [1.29, 1.82) is 0 Å². The van der Waals surface area contributed by atoms with Gasteiger partial charge in [-0.3, -0.25) is 14.9 Å². The van der Waals surface area contributed by atoms with Crippen molar-refractivity contribution in [1.82, 2.24) is 4.68 Å². The third-order valence-electron chi connectivity index (χ3n) is 2.20. The summed E-state index contributed by atoms with van der Waals surface area (Å²) in [7, 11) is 0. The van der Waals surface area contributed by atoms with Crippen LogP contribution in [0.1, 0.15) is 15.9 Å². The molecule has 16 heavy (non-hydrogen) atoms. The number of hydrogen-bond acceptors (Lipinski definition) is 1. The fourth-order valence-electron chi connectivity index (χ4n) is 1.40. The van der Waals surface area contributed by atoms with Crippen LogP contribution in [0.2, 0.25) is 0 Å². The van der Waals surface area contributed by atoms with Gasteiger partial charge >= 0.3 is 0 Å². The zero-order valence-electron chi connectivity index (χ0n) is 8.77. The molecule has 1 heterocycles. The molecule has 3 nitrogen and oxygen atoms in total. The number of carbonyl (C=O) groups excluding carboxylic acids is 1. The van der Waals surface area contributed by atoms with Crippen molar-refractivity contribution in [2.45, 2.75) is 6.92 Å². The fraction of sp³-hybridized carbons (Fsp3) is 0.0833. The molecule has 2 aromatic rings. The van der Waals surface area contributed by atoms with E-state index in [0.29, 0.717) is 5.56 Å². The van der Waals surface area contributed by atoms with Crippen LogP contribution in [-0.2, 0) is 0 Å². The third-order valence-corrected chi connectivity index (χ3v) is 2.89. The summed E-state index contributed by atoms with van der Waals surface area (Å²) in [5.74, 6) is -0.133. The molecule has 0 fully saturated rings. The molecule has 1 aromatic heterocycles. The van der Waals surface area contributed by atoms with Gasteiger partial charge in [0.1, 0.15) is 0 Å². The summed E-state index contributed by atoms with van der Waals surface area (Å²) in [6.07, 6.45) is 3.56. The van der Waals surface area contributed by atoms with Crippen molar-refractivity contribution in [2.24, 2.45) is 0 Å². The van der Waals surface area contributed by atoms with Crippen LogP contribution in [0.5, 0.6) is 0 Å². The van der Waals surface area contributed by atoms with Crippen molar-refractivity contribution in [2.75, 3.05) is 5.43 Å². The zero-order valence-corrected chi connectivity index (χ0v) is 10.4. The lowest BCUT2D eigenvalue weighted by atomic mass is 10.1. The molecule has 0 atom stereocenters. The summed E-state index contributed by atoms with van der Waals surface area (Å²) >= 11 is 3.37. The second-order valence-corrected chi connectivity index (χ2v) is 4.37. The number of amides is 1. The van der Waals surface area contributed by atoms with E-state index < -0.39 is 0 Å².